The van der Waals surface area contributed by atoms with E-state index in [0.29, 0.717) is 54.4 Å². The van der Waals surface area contributed by atoms with Crippen molar-refractivity contribution in [3.63, 3.8) is 0 Å². The Morgan fingerprint density at radius 2 is 1.82 bits per heavy atom. The van der Waals surface area contributed by atoms with Crippen LogP contribution in [0.1, 0.15) is 35.2 Å². The zero-order chi connectivity index (χ0) is 27.3. The molecular weight excluding hydrogens is 526 g/mol. The number of carbonyl (C=O) groups excluding carboxylic acids is 1. The minimum atomic E-state index is -0.870. The highest BCUT2D eigenvalue weighted by Crippen LogP contribution is 2.36. The summed E-state index contributed by atoms with van der Waals surface area (Å²) in [6.45, 7) is 4.06. The zero-order valence-electron chi connectivity index (χ0n) is 22.1. The topological polar surface area (TPSA) is 98.0 Å². The highest BCUT2D eigenvalue weighted by molar-refractivity contribution is 6.30. The summed E-state index contributed by atoms with van der Waals surface area (Å²) in [5.41, 5.74) is 3.27. The van der Waals surface area contributed by atoms with E-state index in [2.05, 4.69) is 20.6 Å². The molecule has 0 unspecified atom stereocenters. The quantitative estimate of drug-likeness (QED) is 0.340. The number of nitrogens with zero attached hydrogens (tertiary/aromatic N) is 5. The van der Waals surface area contributed by atoms with Gasteiger partial charge in [0.25, 0.3) is 5.91 Å². The molecule has 4 aromatic rings. The lowest BCUT2D eigenvalue weighted by Gasteiger charge is -2.39. The lowest BCUT2D eigenvalue weighted by Crippen LogP contribution is -2.42. The van der Waals surface area contributed by atoms with Crippen LogP contribution in [0.25, 0.3) is 5.65 Å². The second-order valence-corrected chi connectivity index (χ2v) is 11.6. The average molecular weight is 558 g/mol. The number of pyridine rings is 1. The van der Waals surface area contributed by atoms with E-state index >= 15 is 0 Å². The van der Waals surface area contributed by atoms with Gasteiger partial charge in [-0.2, -0.15) is 4.98 Å². The third-order valence-corrected chi connectivity index (χ3v) is 8.94. The number of aromatic nitrogens is 3. The van der Waals surface area contributed by atoms with Gasteiger partial charge in [0.1, 0.15) is 0 Å². The first kappa shape index (κ1) is 25.3. The molecule has 7 rings (SSSR count). The van der Waals surface area contributed by atoms with E-state index in [1.165, 1.54) is 0 Å². The molecule has 3 fully saturated rings. The maximum absolute atomic E-state index is 13.0. The number of aliphatic hydroxyl groups is 1. The third kappa shape index (κ3) is 4.68. The molecule has 0 radical (unpaired) electrons. The summed E-state index contributed by atoms with van der Waals surface area (Å²) in [5.74, 6) is 1.15. The third-order valence-electron chi connectivity index (χ3n) is 8.69. The maximum atomic E-state index is 13.0. The number of nitrogens with one attached hydrogen (secondary N) is 2. The van der Waals surface area contributed by atoms with E-state index in [0.717, 1.165) is 48.6 Å². The first-order chi connectivity index (χ1) is 19.4. The van der Waals surface area contributed by atoms with Gasteiger partial charge in [0.05, 0.1) is 11.3 Å². The molecule has 3 N–H and O–H groups in total. The summed E-state index contributed by atoms with van der Waals surface area (Å²) in [7, 11) is 0. The summed E-state index contributed by atoms with van der Waals surface area (Å²) in [6.07, 6.45) is 4.24. The molecule has 9 nitrogen and oxygen atoms in total. The van der Waals surface area contributed by atoms with Crippen LogP contribution in [0.4, 0.5) is 17.3 Å². The minimum Gasteiger partial charge on any atom is -0.385 e. The van der Waals surface area contributed by atoms with Gasteiger partial charge in [-0.05, 0) is 85.8 Å². The Bertz CT molecular complexity index is 1520. The van der Waals surface area contributed by atoms with Crippen molar-refractivity contribution in [1.82, 2.24) is 24.8 Å². The van der Waals surface area contributed by atoms with E-state index in [-0.39, 0.29) is 5.91 Å². The van der Waals surface area contributed by atoms with Gasteiger partial charge in [-0.25, -0.2) is 4.52 Å². The van der Waals surface area contributed by atoms with Gasteiger partial charge in [-0.1, -0.05) is 23.7 Å². The molecule has 0 aliphatic carbocycles. The van der Waals surface area contributed by atoms with Crippen LogP contribution < -0.4 is 15.5 Å². The van der Waals surface area contributed by atoms with E-state index < -0.39 is 5.60 Å². The molecule has 0 spiro atoms. The molecule has 3 saturated heterocycles. The smallest absolute Gasteiger partial charge is 0.253 e. The van der Waals surface area contributed by atoms with Gasteiger partial charge in [0.2, 0.25) is 5.95 Å². The summed E-state index contributed by atoms with van der Waals surface area (Å²) in [4.78, 5) is 22.0. The van der Waals surface area contributed by atoms with E-state index in [9.17, 15) is 9.90 Å². The van der Waals surface area contributed by atoms with Crippen molar-refractivity contribution in [3.05, 3.63) is 83.0 Å². The molecule has 40 heavy (non-hydrogen) atoms. The van der Waals surface area contributed by atoms with Crippen molar-refractivity contribution < 1.29 is 9.90 Å². The second-order valence-electron chi connectivity index (χ2n) is 11.1. The Kier molecular flexibility index (Phi) is 6.37. The Morgan fingerprint density at radius 1 is 1.05 bits per heavy atom. The van der Waals surface area contributed by atoms with Crippen molar-refractivity contribution >= 4 is 40.5 Å². The lowest BCUT2D eigenvalue weighted by molar-refractivity contribution is 0.0118. The largest absolute Gasteiger partial charge is 0.385 e. The minimum absolute atomic E-state index is 0.0859. The molecule has 10 heteroatoms. The first-order valence-electron chi connectivity index (χ1n) is 13.9. The number of amides is 1. The van der Waals surface area contributed by atoms with Gasteiger partial charge in [0, 0.05) is 54.7 Å². The molecule has 0 saturated carbocycles. The number of likely N-dealkylation sites (tertiary alicyclic amines) is 1. The second kappa shape index (κ2) is 10.1. The number of halogens is 1. The van der Waals surface area contributed by atoms with Gasteiger partial charge >= 0.3 is 0 Å². The SMILES string of the molecule is O=C(c1ccc(Nc2nc3c(N4CCC(O)(c5ccc(Cl)cc5)CC4)cccn3n2)cc1)N1C[C@H]2CCN[C@H]2C1. The van der Waals surface area contributed by atoms with Gasteiger partial charge in [-0.3, -0.25) is 4.79 Å². The highest BCUT2D eigenvalue weighted by atomic mass is 35.5. The molecule has 2 aromatic carbocycles. The van der Waals surface area contributed by atoms with Crippen LogP contribution in [0.3, 0.4) is 0 Å². The van der Waals surface area contributed by atoms with Crippen LogP contribution >= 0.6 is 11.6 Å². The molecule has 3 aliphatic rings. The Labute approximate surface area is 237 Å². The van der Waals surface area contributed by atoms with Crippen LogP contribution in [-0.2, 0) is 5.60 Å². The molecule has 1 amide bonds. The molecule has 206 valence electrons. The summed E-state index contributed by atoms with van der Waals surface area (Å²) >= 11 is 6.04. The fourth-order valence-electron chi connectivity index (χ4n) is 6.38. The number of hydrogen-bond donors (Lipinski definition) is 3. The fraction of sp³-hybridized carbons (Fsp3) is 0.367. The van der Waals surface area contributed by atoms with Crippen LogP contribution in [0.2, 0.25) is 5.02 Å². The molecule has 2 atom stereocenters. The number of anilines is 3. The molecule has 0 bridgehead atoms. The Hall–Kier alpha value is -3.66. The standard InChI is InChI=1S/C30H32ClN7O2/c31-23-7-5-22(6-8-23)30(40)12-16-36(17-13-30)26-2-1-15-38-27(26)34-29(35-38)33-24-9-3-20(4-10-24)28(39)37-18-21-11-14-32-25(21)19-37/h1-10,15,21,25,32,40H,11-14,16-19H2,(H,33,35)/t21-,25+/m1/s1. The monoisotopic (exact) mass is 557 g/mol. The van der Waals surface area contributed by atoms with Crippen molar-refractivity contribution in [3.8, 4) is 0 Å². The van der Waals surface area contributed by atoms with Crippen molar-refractivity contribution in [1.29, 1.82) is 0 Å². The van der Waals surface area contributed by atoms with Gasteiger partial charge < -0.3 is 25.5 Å². The van der Waals surface area contributed by atoms with Crippen molar-refractivity contribution in [2.45, 2.75) is 30.9 Å². The fourth-order valence-corrected chi connectivity index (χ4v) is 6.51. The Balaban J connectivity index is 1.03. The van der Waals surface area contributed by atoms with E-state index in [1.807, 2.05) is 71.8 Å². The van der Waals surface area contributed by atoms with Crippen molar-refractivity contribution in [2.75, 3.05) is 42.9 Å². The predicted molar refractivity (Wildman–Crippen MR) is 155 cm³/mol. The van der Waals surface area contributed by atoms with E-state index in [4.69, 9.17) is 16.6 Å². The number of piperidine rings is 1. The first-order valence-corrected chi connectivity index (χ1v) is 14.3. The van der Waals surface area contributed by atoms with Gasteiger partial charge in [0.15, 0.2) is 5.65 Å². The summed E-state index contributed by atoms with van der Waals surface area (Å²) in [5, 5.41) is 23.4. The van der Waals surface area contributed by atoms with Crippen LogP contribution in [0, 0.1) is 5.92 Å². The van der Waals surface area contributed by atoms with E-state index in [1.54, 1.807) is 4.52 Å². The number of hydrogen-bond acceptors (Lipinski definition) is 7. The van der Waals surface area contributed by atoms with Crippen LogP contribution in [-0.4, -0.2) is 69.3 Å². The predicted octanol–water partition coefficient (Wildman–Crippen LogP) is 4.05. The van der Waals surface area contributed by atoms with Crippen molar-refractivity contribution in [2.24, 2.45) is 5.92 Å². The molecule has 2 aromatic heterocycles. The van der Waals surface area contributed by atoms with Gasteiger partial charge in [-0.15, -0.1) is 5.10 Å². The summed E-state index contributed by atoms with van der Waals surface area (Å²) in [6, 6.07) is 19.4. The zero-order valence-corrected chi connectivity index (χ0v) is 22.9. The Morgan fingerprint density at radius 3 is 2.58 bits per heavy atom. The number of rotatable bonds is 5. The summed E-state index contributed by atoms with van der Waals surface area (Å²) < 4.78 is 1.77. The normalized spacial score (nSPS) is 22.1. The number of carbonyl (C=O) groups is 1. The van der Waals surface area contributed by atoms with Crippen LogP contribution in [0.15, 0.2) is 66.9 Å². The van der Waals surface area contributed by atoms with Crippen LogP contribution in [0.5, 0.6) is 0 Å². The lowest BCUT2D eigenvalue weighted by atomic mass is 9.84. The average Bonchev–Trinajstić information content (AvgIpc) is 3.69. The molecule has 5 heterocycles. The number of benzene rings is 2. The molecular formula is C30H32ClN7O2. The highest BCUT2D eigenvalue weighted by Gasteiger charge is 2.38. The molecule has 3 aliphatic heterocycles. The maximum Gasteiger partial charge on any atom is 0.253 e. The number of fused-ring (bicyclic) bond motifs is 2.